The van der Waals surface area contributed by atoms with Crippen LogP contribution in [0.4, 0.5) is 0 Å². The van der Waals surface area contributed by atoms with Gasteiger partial charge in [-0.2, -0.15) is 0 Å². The van der Waals surface area contributed by atoms with Crippen LogP contribution in [-0.2, 0) is 11.2 Å². The molecule has 2 aromatic carbocycles. The zero-order valence-electron chi connectivity index (χ0n) is 13.8. The van der Waals surface area contributed by atoms with E-state index in [1.54, 1.807) is 12.1 Å². The Labute approximate surface area is 142 Å². The summed E-state index contributed by atoms with van der Waals surface area (Å²) in [5.74, 6) is -0.374. The average Bonchev–Trinajstić information content (AvgIpc) is 2.59. The molecule has 0 aliphatic rings. The average molecular weight is 325 g/mol. The predicted molar refractivity (Wildman–Crippen MR) is 94.6 cm³/mol. The number of carbonyl (C=O) groups is 2. The highest BCUT2D eigenvalue weighted by molar-refractivity contribution is 5.94. The van der Waals surface area contributed by atoms with Gasteiger partial charge in [-0.25, -0.2) is 0 Å². The number of rotatable bonds is 7. The molecular formula is C19H23N3O2. The fourth-order valence-electron chi connectivity index (χ4n) is 2.26. The van der Waals surface area contributed by atoms with Crippen molar-refractivity contribution in [1.29, 1.82) is 0 Å². The van der Waals surface area contributed by atoms with Gasteiger partial charge in [0.05, 0.1) is 6.04 Å². The summed E-state index contributed by atoms with van der Waals surface area (Å²) in [7, 11) is 0. The molecular weight excluding hydrogens is 302 g/mol. The van der Waals surface area contributed by atoms with Gasteiger partial charge in [-0.3, -0.25) is 9.59 Å². The van der Waals surface area contributed by atoms with E-state index in [4.69, 9.17) is 5.73 Å². The quantitative estimate of drug-likeness (QED) is 0.673. The Kier molecular flexibility index (Phi) is 6.51. The lowest BCUT2D eigenvalue weighted by Crippen LogP contribution is -2.44. The Bertz CT molecular complexity index is 669. The molecule has 0 heterocycles. The van der Waals surface area contributed by atoms with Crippen LogP contribution in [0.1, 0.15) is 21.5 Å². The zero-order valence-corrected chi connectivity index (χ0v) is 13.8. The van der Waals surface area contributed by atoms with Crippen LogP contribution in [-0.4, -0.2) is 30.9 Å². The van der Waals surface area contributed by atoms with Crippen molar-refractivity contribution in [2.24, 2.45) is 5.73 Å². The second kappa shape index (κ2) is 8.84. The number of benzene rings is 2. The summed E-state index contributed by atoms with van der Waals surface area (Å²) < 4.78 is 0. The van der Waals surface area contributed by atoms with E-state index in [0.717, 1.165) is 11.1 Å². The van der Waals surface area contributed by atoms with Gasteiger partial charge in [0.15, 0.2) is 0 Å². The molecule has 4 N–H and O–H groups in total. The molecule has 2 rings (SSSR count). The Hall–Kier alpha value is -2.66. The number of nitrogens with two attached hydrogens (primary N) is 1. The molecule has 5 nitrogen and oxygen atoms in total. The summed E-state index contributed by atoms with van der Waals surface area (Å²) in [5, 5.41) is 5.51. The molecule has 0 fully saturated rings. The zero-order chi connectivity index (χ0) is 17.4. The number of hydrogen-bond donors (Lipinski definition) is 3. The van der Waals surface area contributed by atoms with Crippen molar-refractivity contribution in [3.63, 3.8) is 0 Å². The van der Waals surface area contributed by atoms with E-state index < -0.39 is 6.04 Å². The van der Waals surface area contributed by atoms with Gasteiger partial charge in [0.1, 0.15) is 0 Å². The minimum absolute atomic E-state index is 0.155. The van der Waals surface area contributed by atoms with Crippen LogP contribution in [0, 0.1) is 6.92 Å². The van der Waals surface area contributed by atoms with Gasteiger partial charge in [0, 0.05) is 18.7 Å². The van der Waals surface area contributed by atoms with Gasteiger partial charge in [0.2, 0.25) is 5.91 Å². The van der Waals surface area contributed by atoms with Crippen molar-refractivity contribution < 1.29 is 9.59 Å². The molecule has 0 spiro atoms. The van der Waals surface area contributed by atoms with Crippen LogP contribution in [0.15, 0.2) is 54.6 Å². The first-order valence-electron chi connectivity index (χ1n) is 7.98. The van der Waals surface area contributed by atoms with Gasteiger partial charge in [-0.05, 0) is 31.0 Å². The summed E-state index contributed by atoms with van der Waals surface area (Å²) in [4.78, 5) is 23.9. The van der Waals surface area contributed by atoms with E-state index in [2.05, 4.69) is 10.6 Å². The van der Waals surface area contributed by atoms with Crippen molar-refractivity contribution in [1.82, 2.24) is 10.6 Å². The first-order valence-corrected chi connectivity index (χ1v) is 7.98. The predicted octanol–water partition coefficient (Wildman–Crippen LogP) is 1.41. The lowest BCUT2D eigenvalue weighted by Gasteiger charge is -2.12. The largest absolute Gasteiger partial charge is 0.353 e. The van der Waals surface area contributed by atoms with Crippen molar-refractivity contribution in [3.8, 4) is 0 Å². The van der Waals surface area contributed by atoms with E-state index in [9.17, 15) is 9.59 Å². The van der Waals surface area contributed by atoms with Gasteiger partial charge in [-0.1, -0.05) is 48.0 Å². The fourth-order valence-corrected chi connectivity index (χ4v) is 2.26. The normalized spacial score (nSPS) is 11.6. The van der Waals surface area contributed by atoms with Crippen molar-refractivity contribution in [2.45, 2.75) is 19.4 Å². The molecule has 126 valence electrons. The third kappa shape index (κ3) is 5.52. The van der Waals surface area contributed by atoms with E-state index in [0.29, 0.717) is 25.1 Å². The van der Waals surface area contributed by atoms with E-state index >= 15 is 0 Å². The fraction of sp³-hybridized carbons (Fsp3) is 0.263. The molecule has 2 aromatic rings. The lowest BCUT2D eigenvalue weighted by molar-refractivity contribution is -0.122. The van der Waals surface area contributed by atoms with E-state index in [-0.39, 0.29) is 11.8 Å². The minimum Gasteiger partial charge on any atom is -0.353 e. The summed E-state index contributed by atoms with van der Waals surface area (Å²) in [6.45, 7) is 2.67. The van der Waals surface area contributed by atoms with E-state index in [1.165, 1.54) is 0 Å². The van der Waals surface area contributed by atoms with Crippen LogP contribution in [0.25, 0.3) is 0 Å². The Morgan fingerprint density at radius 3 is 2.25 bits per heavy atom. The van der Waals surface area contributed by atoms with Crippen LogP contribution in [0.2, 0.25) is 0 Å². The molecule has 0 saturated heterocycles. The first-order chi connectivity index (χ1) is 11.6. The molecule has 0 radical (unpaired) electrons. The van der Waals surface area contributed by atoms with Crippen LogP contribution in [0.5, 0.6) is 0 Å². The first kappa shape index (κ1) is 17.7. The van der Waals surface area contributed by atoms with Gasteiger partial charge in [-0.15, -0.1) is 0 Å². The number of amides is 2. The van der Waals surface area contributed by atoms with Crippen LogP contribution in [0.3, 0.4) is 0 Å². The van der Waals surface area contributed by atoms with Crippen molar-refractivity contribution in [3.05, 3.63) is 71.3 Å². The molecule has 0 aliphatic heterocycles. The Morgan fingerprint density at radius 2 is 1.58 bits per heavy atom. The monoisotopic (exact) mass is 325 g/mol. The number of carbonyl (C=O) groups excluding carboxylic acids is 2. The maximum Gasteiger partial charge on any atom is 0.251 e. The molecule has 0 saturated carbocycles. The lowest BCUT2D eigenvalue weighted by atomic mass is 10.1. The SMILES string of the molecule is Cc1ccc(C(=O)NCCNC(=O)C(N)Cc2ccccc2)cc1. The minimum atomic E-state index is -0.597. The molecule has 0 aliphatic carbocycles. The Morgan fingerprint density at radius 1 is 0.958 bits per heavy atom. The number of nitrogens with one attached hydrogen (secondary N) is 2. The smallest absolute Gasteiger partial charge is 0.251 e. The maximum absolute atomic E-state index is 12.0. The van der Waals surface area contributed by atoms with Gasteiger partial charge in [0.25, 0.3) is 5.91 Å². The highest BCUT2D eigenvalue weighted by atomic mass is 16.2. The maximum atomic E-state index is 12.0. The van der Waals surface area contributed by atoms with E-state index in [1.807, 2.05) is 49.4 Å². The molecule has 1 atom stereocenters. The number of aryl methyl sites for hydroxylation is 1. The van der Waals surface area contributed by atoms with Crippen LogP contribution < -0.4 is 16.4 Å². The molecule has 0 bridgehead atoms. The highest BCUT2D eigenvalue weighted by Gasteiger charge is 2.13. The molecule has 24 heavy (non-hydrogen) atoms. The molecule has 5 heteroatoms. The van der Waals surface area contributed by atoms with Crippen molar-refractivity contribution >= 4 is 11.8 Å². The Balaban J connectivity index is 1.68. The standard InChI is InChI=1S/C19H23N3O2/c1-14-7-9-16(10-8-14)18(23)21-11-12-22-19(24)17(20)13-15-5-3-2-4-6-15/h2-10,17H,11-13,20H2,1H3,(H,21,23)(H,22,24). The second-order valence-corrected chi connectivity index (χ2v) is 5.71. The highest BCUT2D eigenvalue weighted by Crippen LogP contribution is 2.03. The second-order valence-electron chi connectivity index (χ2n) is 5.71. The molecule has 0 aromatic heterocycles. The summed E-state index contributed by atoms with van der Waals surface area (Å²) in [6, 6.07) is 16.4. The molecule has 1 unspecified atom stereocenters. The topological polar surface area (TPSA) is 84.2 Å². The van der Waals surface area contributed by atoms with Crippen molar-refractivity contribution in [2.75, 3.05) is 13.1 Å². The summed E-state index contributed by atoms with van der Waals surface area (Å²) in [6.07, 6.45) is 0.488. The summed E-state index contributed by atoms with van der Waals surface area (Å²) >= 11 is 0. The van der Waals surface area contributed by atoms with Gasteiger partial charge >= 0.3 is 0 Å². The van der Waals surface area contributed by atoms with Crippen LogP contribution >= 0.6 is 0 Å². The summed E-state index contributed by atoms with van der Waals surface area (Å²) in [5.41, 5.74) is 8.63. The third-order valence-electron chi connectivity index (χ3n) is 3.66. The number of hydrogen-bond acceptors (Lipinski definition) is 3. The van der Waals surface area contributed by atoms with Gasteiger partial charge < -0.3 is 16.4 Å². The molecule has 2 amide bonds. The third-order valence-corrected chi connectivity index (χ3v) is 3.66.